The van der Waals surface area contributed by atoms with Gasteiger partial charge in [-0.2, -0.15) is 5.10 Å². The Morgan fingerprint density at radius 2 is 2.00 bits per heavy atom. The van der Waals surface area contributed by atoms with Crippen LogP contribution in [0.25, 0.3) is 0 Å². The number of nitrogens with one attached hydrogen (secondary N) is 2. The standard InChI is InChI=1S/C19H20IN3O4/c1-3-13-6-4-5-7-15(13)22-17(24)10-18(25)23-21-11-12-8-14(20)19(26)16(9-12)27-2/h4-9,11,26H,3,10H2,1-2H3,(H,22,24)(H,23,25)/b21-11+. The molecule has 2 rings (SSSR count). The van der Waals surface area contributed by atoms with E-state index in [1.54, 1.807) is 18.2 Å². The van der Waals surface area contributed by atoms with Crippen molar-refractivity contribution >= 4 is 46.3 Å². The first-order chi connectivity index (χ1) is 12.9. The maximum Gasteiger partial charge on any atom is 0.249 e. The molecule has 0 aliphatic carbocycles. The smallest absolute Gasteiger partial charge is 0.249 e. The molecule has 0 radical (unpaired) electrons. The van der Waals surface area contributed by atoms with Crippen molar-refractivity contribution in [3.63, 3.8) is 0 Å². The van der Waals surface area contributed by atoms with Gasteiger partial charge >= 0.3 is 0 Å². The number of aromatic hydroxyl groups is 1. The van der Waals surface area contributed by atoms with E-state index in [2.05, 4.69) is 15.8 Å². The Morgan fingerprint density at radius 3 is 2.70 bits per heavy atom. The Bertz CT molecular complexity index is 868. The predicted molar refractivity (Wildman–Crippen MR) is 112 cm³/mol. The summed E-state index contributed by atoms with van der Waals surface area (Å²) < 4.78 is 5.66. The number of carbonyl (C=O) groups excluding carboxylic acids is 2. The second-order valence-corrected chi connectivity index (χ2v) is 6.74. The van der Waals surface area contributed by atoms with E-state index in [1.807, 2.05) is 47.7 Å². The molecule has 0 unspecified atom stereocenters. The van der Waals surface area contributed by atoms with Gasteiger partial charge in [-0.05, 0) is 58.3 Å². The number of hydrogen-bond donors (Lipinski definition) is 3. The van der Waals surface area contributed by atoms with E-state index in [-0.39, 0.29) is 12.2 Å². The van der Waals surface area contributed by atoms with Crippen LogP contribution in [-0.4, -0.2) is 30.2 Å². The highest BCUT2D eigenvalue weighted by Gasteiger charge is 2.11. The van der Waals surface area contributed by atoms with Gasteiger partial charge in [-0.3, -0.25) is 9.59 Å². The van der Waals surface area contributed by atoms with Gasteiger partial charge in [0.25, 0.3) is 0 Å². The van der Waals surface area contributed by atoms with Gasteiger partial charge in [-0.1, -0.05) is 25.1 Å². The monoisotopic (exact) mass is 481 g/mol. The normalized spacial score (nSPS) is 10.6. The molecule has 0 fully saturated rings. The van der Waals surface area contributed by atoms with Gasteiger partial charge in [-0.25, -0.2) is 5.43 Å². The zero-order valence-corrected chi connectivity index (χ0v) is 17.1. The van der Waals surface area contributed by atoms with Gasteiger partial charge in [0, 0.05) is 5.69 Å². The predicted octanol–water partition coefficient (Wildman–Crippen LogP) is 3.05. The maximum absolute atomic E-state index is 12.0. The van der Waals surface area contributed by atoms with Crippen LogP contribution in [0.5, 0.6) is 11.5 Å². The summed E-state index contributed by atoms with van der Waals surface area (Å²) >= 11 is 1.96. The lowest BCUT2D eigenvalue weighted by Crippen LogP contribution is -2.25. The first kappa shape index (κ1) is 20.7. The second kappa shape index (κ2) is 9.91. The summed E-state index contributed by atoms with van der Waals surface area (Å²) in [6.45, 7) is 1.99. The molecule has 0 bridgehead atoms. The molecule has 0 spiro atoms. The largest absolute Gasteiger partial charge is 0.504 e. The number of hydrazone groups is 1. The van der Waals surface area contributed by atoms with Gasteiger partial charge in [0.2, 0.25) is 11.8 Å². The van der Waals surface area contributed by atoms with Crippen LogP contribution in [0, 0.1) is 3.57 Å². The van der Waals surface area contributed by atoms with Crippen molar-refractivity contribution in [3.8, 4) is 11.5 Å². The molecule has 0 saturated heterocycles. The molecular weight excluding hydrogens is 461 g/mol. The van der Waals surface area contributed by atoms with Crippen LogP contribution >= 0.6 is 22.6 Å². The zero-order valence-electron chi connectivity index (χ0n) is 15.0. The highest BCUT2D eigenvalue weighted by atomic mass is 127. The molecule has 2 amide bonds. The Hall–Kier alpha value is -2.62. The van der Waals surface area contributed by atoms with Crippen molar-refractivity contribution in [1.29, 1.82) is 0 Å². The first-order valence-corrected chi connectivity index (χ1v) is 9.28. The number of amides is 2. The minimum Gasteiger partial charge on any atom is -0.504 e. The number of phenolic OH excluding ortho intramolecular Hbond substituents is 1. The highest BCUT2D eigenvalue weighted by Crippen LogP contribution is 2.31. The second-order valence-electron chi connectivity index (χ2n) is 5.58. The van der Waals surface area contributed by atoms with Crippen molar-refractivity contribution in [2.75, 3.05) is 12.4 Å². The average Bonchev–Trinajstić information content (AvgIpc) is 2.64. The molecular formula is C19H20IN3O4. The quantitative estimate of drug-likeness (QED) is 0.245. The van der Waals surface area contributed by atoms with Crippen LogP contribution in [0.2, 0.25) is 0 Å². The number of phenols is 1. The van der Waals surface area contributed by atoms with E-state index in [4.69, 9.17) is 4.74 Å². The van der Waals surface area contributed by atoms with Gasteiger partial charge in [0.1, 0.15) is 6.42 Å². The summed E-state index contributed by atoms with van der Waals surface area (Å²) in [6, 6.07) is 10.7. The fourth-order valence-corrected chi connectivity index (χ4v) is 2.96. The van der Waals surface area contributed by atoms with Gasteiger partial charge in [0.15, 0.2) is 11.5 Å². The van der Waals surface area contributed by atoms with Crippen LogP contribution in [0.1, 0.15) is 24.5 Å². The first-order valence-electron chi connectivity index (χ1n) is 8.20. The molecule has 3 N–H and O–H groups in total. The van der Waals surface area contributed by atoms with Crippen molar-refractivity contribution in [3.05, 3.63) is 51.1 Å². The number of para-hydroxylation sites is 1. The Balaban J connectivity index is 1.91. The van der Waals surface area contributed by atoms with Gasteiger partial charge in [0.05, 0.1) is 16.9 Å². The minimum absolute atomic E-state index is 0.0447. The molecule has 27 heavy (non-hydrogen) atoms. The minimum atomic E-state index is -0.529. The molecule has 8 heteroatoms. The molecule has 142 valence electrons. The van der Waals surface area contributed by atoms with Crippen molar-refractivity contribution < 1.29 is 19.4 Å². The van der Waals surface area contributed by atoms with E-state index < -0.39 is 11.8 Å². The third-order valence-electron chi connectivity index (χ3n) is 3.67. The number of halogens is 1. The van der Waals surface area contributed by atoms with Crippen molar-refractivity contribution in [2.24, 2.45) is 5.10 Å². The number of aryl methyl sites for hydroxylation is 1. The molecule has 0 aliphatic heterocycles. The number of nitrogens with zero attached hydrogens (tertiary/aromatic N) is 1. The average molecular weight is 481 g/mol. The lowest BCUT2D eigenvalue weighted by atomic mass is 10.1. The van der Waals surface area contributed by atoms with E-state index in [0.29, 0.717) is 20.6 Å². The lowest BCUT2D eigenvalue weighted by Gasteiger charge is -2.09. The van der Waals surface area contributed by atoms with Gasteiger partial charge in [-0.15, -0.1) is 0 Å². The van der Waals surface area contributed by atoms with E-state index in [1.165, 1.54) is 13.3 Å². The summed E-state index contributed by atoms with van der Waals surface area (Å²) in [7, 11) is 1.45. The molecule has 7 nitrogen and oxygen atoms in total. The summed E-state index contributed by atoms with van der Waals surface area (Å²) in [6.07, 6.45) is 1.85. The number of hydrogen-bond acceptors (Lipinski definition) is 5. The van der Waals surface area contributed by atoms with Crippen LogP contribution in [0.15, 0.2) is 41.5 Å². The summed E-state index contributed by atoms with van der Waals surface area (Å²) in [4.78, 5) is 23.9. The topological polar surface area (TPSA) is 100 Å². The highest BCUT2D eigenvalue weighted by molar-refractivity contribution is 14.1. The SMILES string of the molecule is CCc1ccccc1NC(=O)CC(=O)N/N=C/c1cc(I)c(O)c(OC)c1. The van der Waals surface area contributed by atoms with E-state index in [0.717, 1.165) is 12.0 Å². The zero-order chi connectivity index (χ0) is 19.8. The number of carbonyl (C=O) groups is 2. The third kappa shape index (κ3) is 5.95. The fraction of sp³-hybridized carbons (Fsp3) is 0.211. The molecule has 0 aliphatic rings. The van der Waals surface area contributed by atoms with E-state index >= 15 is 0 Å². The van der Waals surface area contributed by atoms with E-state index in [9.17, 15) is 14.7 Å². The summed E-state index contributed by atoms with van der Waals surface area (Å²) in [5.74, 6) is -0.588. The third-order valence-corrected chi connectivity index (χ3v) is 4.49. The van der Waals surface area contributed by atoms with Crippen LogP contribution in [0.3, 0.4) is 0 Å². The van der Waals surface area contributed by atoms with Crippen LogP contribution in [-0.2, 0) is 16.0 Å². The molecule has 2 aromatic carbocycles. The van der Waals surface area contributed by atoms with Crippen molar-refractivity contribution in [2.45, 2.75) is 19.8 Å². The molecule has 0 saturated carbocycles. The Morgan fingerprint density at radius 1 is 1.26 bits per heavy atom. The summed E-state index contributed by atoms with van der Waals surface area (Å²) in [5, 5.41) is 16.4. The molecule has 2 aromatic rings. The Labute approximate surface area is 171 Å². The molecule has 0 heterocycles. The van der Waals surface area contributed by atoms with Gasteiger partial charge < -0.3 is 15.2 Å². The number of ether oxygens (including phenoxy) is 1. The lowest BCUT2D eigenvalue weighted by molar-refractivity contribution is -0.126. The number of methoxy groups -OCH3 is 1. The number of rotatable bonds is 7. The van der Waals surface area contributed by atoms with Crippen LogP contribution < -0.4 is 15.5 Å². The molecule has 0 atom stereocenters. The summed E-state index contributed by atoms with van der Waals surface area (Å²) in [5.41, 5.74) is 4.65. The molecule has 0 aromatic heterocycles. The number of anilines is 1. The van der Waals surface area contributed by atoms with Crippen LogP contribution in [0.4, 0.5) is 5.69 Å². The number of benzene rings is 2. The Kier molecular flexibility index (Phi) is 7.59. The fourth-order valence-electron chi connectivity index (χ4n) is 2.33. The van der Waals surface area contributed by atoms with Crippen molar-refractivity contribution in [1.82, 2.24) is 5.43 Å². The maximum atomic E-state index is 12.0.